The molecule has 0 bridgehead atoms. The molecule has 4 nitrogen and oxygen atoms in total. The van der Waals surface area contributed by atoms with E-state index in [-0.39, 0.29) is 0 Å². The quantitative estimate of drug-likeness (QED) is 0.859. The van der Waals surface area contributed by atoms with E-state index in [1.165, 1.54) is 0 Å². The van der Waals surface area contributed by atoms with Gasteiger partial charge in [-0.3, -0.25) is 0 Å². The van der Waals surface area contributed by atoms with Crippen LogP contribution in [0.15, 0.2) is 0 Å². The molecule has 1 rings (SSSR count). The SMILES string of the molecule is CCc1nc(NC)c(C)c(N(C)C(C)CSC)n1. The summed E-state index contributed by atoms with van der Waals surface area (Å²) in [5, 5.41) is 3.15. The molecule has 1 atom stereocenters. The van der Waals surface area contributed by atoms with Crippen LogP contribution in [-0.4, -0.2) is 42.1 Å². The molecule has 0 aliphatic heterocycles. The zero-order valence-electron chi connectivity index (χ0n) is 12.2. The van der Waals surface area contributed by atoms with Gasteiger partial charge in [0.2, 0.25) is 0 Å². The van der Waals surface area contributed by atoms with E-state index in [9.17, 15) is 0 Å². The molecule has 1 aromatic rings. The average molecular weight is 268 g/mol. The molecule has 0 aliphatic carbocycles. The lowest BCUT2D eigenvalue weighted by Crippen LogP contribution is -2.32. The summed E-state index contributed by atoms with van der Waals surface area (Å²) in [6, 6.07) is 0.461. The van der Waals surface area contributed by atoms with Gasteiger partial charge >= 0.3 is 0 Å². The highest BCUT2D eigenvalue weighted by Gasteiger charge is 2.16. The molecule has 5 heteroatoms. The molecule has 18 heavy (non-hydrogen) atoms. The van der Waals surface area contributed by atoms with Crippen LogP contribution < -0.4 is 10.2 Å². The smallest absolute Gasteiger partial charge is 0.137 e. The highest BCUT2D eigenvalue weighted by Crippen LogP contribution is 2.24. The first-order valence-electron chi connectivity index (χ1n) is 6.32. The average Bonchev–Trinajstić information content (AvgIpc) is 2.38. The number of thioether (sulfide) groups is 1. The summed E-state index contributed by atoms with van der Waals surface area (Å²) < 4.78 is 0. The van der Waals surface area contributed by atoms with E-state index in [0.29, 0.717) is 6.04 Å². The Morgan fingerprint density at radius 1 is 1.39 bits per heavy atom. The van der Waals surface area contributed by atoms with Crippen LogP contribution in [0.1, 0.15) is 25.2 Å². The van der Waals surface area contributed by atoms with Gasteiger partial charge in [0, 0.05) is 37.9 Å². The van der Waals surface area contributed by atoms with E-state index in [1.807, 2.05) is 18.8 Å². The molecule has 1 aromatic heterocycles. The zero-order chi connectivity index (χ0) is 13.7. The predicted molar refractivity (Wildman–Crippen MR) is 81.9 cm³/mol. The number of rotatable bonds is 6. The largest absolute Gasteiger partial charge is 0.373 e. The van der Waals surface area contributed by atoms with Crippen molar-refractivity contribution in [1.82, 2.24) is 9.97 Å². The van der Waals surface area contributed by atoms with E-state index < -0.39 is 0 Å². The van der Waals surface area contributed by atoms with Gasteiger partial charge in [-0.2, -0.15) is 11.8 Å². The van der Waals surface area contributed by atoms with Gasteiger partial charge in [0.15, 0.2) is 0 Å². The fourth-order valence-corrected chi connectivity index (χ4v) is 2.56. The van der Waals surface area contributed by atoms with E-state index in [1.54, 1.807) is 0 Å². The van der Waals surface area contributed by atoms with Gasteiger partial charge in [-0.1, -0.05) is 6.92 Å². The summed E-state index contributed by atoms with van der Waals surface area (Å²) in [4.78, 5) is 11.4. The van der Waals surface area contributed by atoms with Crippen molar-refractivity contribution in [3.63, 3.8) is 0 Å². The highest BCUT2D eigenvalue weighted by atomic mass is 32.2. The molecule has 102 valence electrons. The Hall–Kier alpha value is -0.970. The third kappa shape index (κ3) is 3.28. The van der Waals surface area contributed by atoms with Crippen LogP contribution in [0.2, 0.25) is 0 Å². The number of aryl methyl sites for hydroxylation is 1. The van der Waals surface area contributed by atoms with Gasteiger partial charge < -0.3 is 10.2 Å². The summed E-state index contributed by atoms with van der Waals surface area (Å²) in [5.74, 6) is 3.95. The maximum atomic E-state index is 4.67. The van der Waals surface area contributed by atoms with Crippen molar-refractivity contribution >= 4 is 23.4 Å². The minimum atomic E-state index is 0.461. The summed E-state index contributed by atoms with van der Waals surface area (Å²) in [5.41, 5.74) is 1.12. The van der Waals surface area contributed by atoms with Crippen molar-refractivity contribution in [1.29, 1.82) is 0 Å². The van der Waals surface area contributed by atoms with Crippen LogP contribution >= 0.6 is 11.8 Å². The first-order chi connectivity index (χ1) is 8.54. The Kier molecular flexibility index (Phi) is 5.72. The third-order valence-corrected chi connectivity index (χ3v) is 3.94. The fourth-order valence-electron chi connectivity index (χ4n) is 1.86. The van der Waals surface area contributed by atoms with Gasteiger partial charge in [-0.15, -0.1) is 0 Å². The Labute approximate surface area is 115 Å². The molecule has 1 unspecified atom stereocenters. The van der Waals surface area contributed by atoms with Crippen molar-refractivity contribution in [2.24, 2.45) is 0 Å². The van der Waals surface area contributed by atoms with Crippen LogP contribution in [0.5, 0.6) is 0 Å². The number of aromatic nitrogens is 2. The van der Waals surface area contributed by atoms with Gasteiger partial charge in [-0.25, -0.2) is 9.97 Å². The molecule has 0 saturated heterocycles. The van der Waals surface area contributed by atoms with Gasteiger partial charge in [-0.05, 0) is 20.1 Å². The van der Waals surface area contributed by atoms with E-state index in [2.05, 4.69) is 54.3 Å². The van der Waals surface area contributed by atoms with Crippen LogP contribution in [0.4, 0.5) is 11.6 Å². The van der Waals surface area contributed by atoms with Crippen molar-refractivity contribution in [3.8, 4) is 0 Å². The normalized spacial score (nSPS) is 12.3. The molecular formula is C13H24N4S. The summed E-state index contributed by atoms with van der Waals surface area (Å²) in [7, 11) is 4.01. The molecule has 0 spiro atoms. The topological polar surface area (TPSA) is 41.1 Å². The first-order valence-corrected chi connectivity index (χ1v) is 7.71. The summed E-state index contributed by atoms with van der Waals surface area (Å²) in [6.07, 6.45) is 2.99. The minimum absolute atomic E-state index is 0.461. The number of anilines is 2. The lowest BCUT2D eigenvalue weighted by atomic mass is 10.2. The van der Waals surface area contributed by atoms with Gasteiger partial charge in [0.25, 0.3) is 0 Å². The second-order valence-electron chi connectivity index (χ2n) is 4.46. The maximum absolute atomic E-state index is 4.67. The van der Waals surface area contributed by atoms with Crippen molar-refractivity contribution < 1.29 is 0 Å². The second kappa shape index (κ2) is 6.83. The second-order valence-corrected chi connectivity index (χ2v) is 5.37. The minimum Gasteiger partial charge on any atom is -0.373 e. The summed E-state index contributed by atoms with van der Waals surface area (Å²) >= 11 is 1.86. The molecule has 0 aliphatic rings. The Balaban J connectivity index is 3.13. The molecule has 0 fully saturated rings. The molecule has 0 radical (unpaired) electrons. The number of hydrogen-bond donors (Lipinski definition) is 1. The lowest BCUT2D eigenvalue weighted by Gasteiger charge is -2.27. The highest BCUT2D eigenvalue weighted by molar-refractivity contribution is 7.98. The zero-order valence-corrected chi connectivity index (χ0v) is 13.1. The van der Waals surface area contributed by atoms with Gasteiger partial charge in [0.1, 0.15) is 17.5 Å². The van der Waals surface area contributed by atoms with Crippen LogP contribution in [0.25, 0.3) is 0 Å². The monoisotopic (exact) mass is 268 g/mol. The Bertz CT molecular complexity index is 395. The number of nitrogens with one attached hydrogen (secondary N) is 1. The third-order valence-electron chi connectivity index (χ3n) is 3.12. The lowest BCUT2D eigenvalue weighted by molar-refractivity contribution is 0.741. The predicted octanol–water partition coefficient (Wildman–Crippen LogP) is 2.58. The van der Waals surface area contributed by atoms with Crippen LogP contribution in [0, 0.1) is 6.92 Å². The van der Waals surface area contributed by atoms with Gasteiger partial charge in [0.05, 0.1) is 0 Å². The Morgan fingerprint density at radius 3 is 2.56 bits per heavy atom. The molecule has 0 amide bonds. The molecule has 1 heterocycles. The number of nitrogens with zero attached hydrogens (tertiary/aromatic N) is 3. The molecule has 0 saturated carbocycles. The van der Waals surface area contributed by atoms with Crippen LogP contribution in [-0.2, 0) is 6.42 Å². The van der Waals surface area contributed by atoms with E-state index >= 15 is 0 Å². The fraction of sp³-hybridized carbons (Fsp3) is 0.692. The molecule has 0 aromatic carbocycles. The maximum Gasteiger partial charge on any atom is 0.137 e. The summed E-state index contributed by atoms with van der Waals surface area (Å²) in [6.45, 7) is 6.38. The van der Waals surface area contributed by atoms with Crippen molar-refractivity contribution in [3.05, 3.63) is 11.4 Å². The van der Waals surface area contributed by atoms with E-state index in [4.69, 9.17) is 0 Å². The van der Waals surface area contributed by atoms with Crippen molar-refractivity contribution in [2.75, 3.05) is 36.3 Å². The standard InChI is InChI=1S/C13H24N4S/c1-7-11-15-12(14-4)10(3)13(16-11)17(5)9(2)8-18-6/h9H,7-8H2,1-6H3,(H,14,15,16). The Morgan fingerprint density at radius 2 is 2.06 bits per heavy atom. The van der Waals surface area contributed by atoms with Crippen LogP contribution in [0.3, 0.4) is 0 Å². The first kappa shape index (κ1) is 15.1. The number of hydrogen-bond acceptors (Lipinski definition) is 5. The van der Waals surface area contributed by atoms with E-state index in [0.717, 1.165) is 35.2 Å². The molecular weight excluding hydrogens is 244 g/mol. The molecule has 1 N–H and O–H groups in total. The van der Waals surface area contributed by atoms with Crippen molar-refractivity contribution in [2.45, 2.75) is 33.2 Å².